The van der Waals surface area contributed by atoms with Gasteiger partial charge in [0.15, 0.2) is 0 Å². The van der Waals surface area contributed by atoms with Crippen molar-refractivity contribution in [2.45, 2.75) is 141 Å². The van der Waals surface area contributed by atoms with Crippen molar-refractivity contribution in [2.75, 3.05) is 0 Å². The Morgan fingerprint density at radius 3 is 0.968 bits per heavy atom. The van der Waals surface area contributed by atoms with Crippen molar-refractivity contribution < 1.29 is 25.9 Å². The molecule has 0 N–H and O–H groups in total. The van der Waals surface area contributed by atoms with E-state index in [2.05, 4.69) is 13.8 Å². The first-order valence-corrected chi connectivity index (χ1v) is 14.8. The molecule has 2 unspecified atom stereocenters. The van der Waals surface area contributed by atoms with Crippen LogP contribution in [-0.2, 0) is 20.2 Å². The van der Waals surface area contributed by atoms with Gasteiger partial charge in [0.05, 0.1) is 20.2 Å². The Balaban J connectivity index is -0.000000490. The molecular weight excluding hydrogens is 562 g/mol. The van der Waals surface area contributed by atoms with Crippen LogP contribution in [0.5, 0.6) is 0 Å². The summed E-state index contributed by atoms with van der Waals surface area (Å²) in [4.78, 5) is 0. The first kappa shape index (κ1) is 36.9. The van der Waals surface area contributed by atoms with Gasteiger partial charge in [-0.2, -0.15) is 0 Å². The zero-order chi connectivity index (χ0) is 23.5. The summed E-state index contributed by atoms with van der Waals surface area (Å²) < 4.78 is 63.5. The van der Waals surface area contributed by atoms with Crippen molar-refractivity contribution in [3.8, 4) is 0 Å². The van der Waals surface area contributed by atoms with Crippen LogP contribution in [-0.4, -0.2) is 85.3 Å². The Morgan fingerprint density at radius 2 is 0.742 bits per heavy atom. The third-order valence-electron chi connectivity index (χ3n) is 5.41. The van der Waals surface area contributed by atoms with E-state index in [1.165, 1.54) is 65.2 Å². The number of hydrogen-bond acceptors (Lipinski definition) is 6. The molecule has 0 aliphatic heterocycles. The van der Waals surface area contributed by atoms with Crippen molar-refractivity contribution in [1.82, 2.24) is 0 Å². The molecule has 0 aromatic carbocycles. The van der Waals surface area contributed by atoms with Crippen LogP contribution in [0.4, 0.5) is 0 Å². The average molecular weight is 608 g/mol. The Kier molecular flexibility index (Phi) is 27.6. The summed E-state index contributed by atoms with van der Waals surface area (Å²) in [5.41, 5.74) is 0. The van der Waals surface area contributed by atoms with Gasteiger partial charge in [-0.3, -0.25) is 0 Å². The fraction of sp³-hybridized carbons (Fsp3) is 1.00. The molecule has 0 aromatic heterocycles. The van der Waals surface area contributed by atoms with Crippen molar-refractivity contribution in [2.24, 2.45) is 0 Å². The van der Waals surface area contributed by atoms with E-state index < -0.39 is 30.7 Å². The second-order valence-corrected chi connectivity index (χ2v) is 12.0. The molecule has 0 saturated heterocycles. The van der Waals surface area contributed by atoms with Crippen LogP contribution in [0.3, 0.4) is 0 Å². The van der Waals surface area contributed by atoms with Crippen molar-refractivity contribution >= 4 is 69.1 Å². The van der Waals surface area contributed by atoms with Gasteiger partial charge in [-0.05, 0) is 26.7 Å². The van der Waals surface area contributed by atoms with Crippen LogP contribution in [0.25, 0.3) is 0 Å². The number of rotatable bonds is 18. The summed E-state index contributed by atoms with van der Waals surface area (Å²) in [7, 11) is -8.11. The van der Waals surface area contributed by atoms with Gasteiger partial charge in [-0.1, -0.05) is 104 Å². The van der Waals surface area contributed by atoms with Gasteiger partial charge in [-0.15, -0.1) is 0 Å². The molecule has 0 saturated carbocycles. The molecule has 184 valence electrons. The molecule has 0 fully saturated rings. The first-order chi connectivity index (χ1) is 14.0. The van der Waals surface area contributed by atoms with Crippen molar-refractivity contribution in [1.29, 1.82) is 0 Å². The quantitative estimate of drug-likeness (QED) is 0.111. The Bertz CT molecular complexity index is 527. The topological polar surface area (TPSA) is 114 Å². The molecule has 9 heteroatoms. The number of hydrogen-bond donors (Lipinski definition) is 0. The van der Waals surface area contributed by atoms with E-state index in [0.717, 1.165) is 38.5 Å². The summed E-state index contributed by atoms with van der Waals surface area (Å²) >= 11 is 0. The molecule has 0 bridgehead atoms. The summed E-state index contributed by atoms with van der Waals surface area (Å²) in [6.45, 7) is 7.36. The molecule has 6 nitrogen and oxygen atoms in total. The maximum Gasteiger partial charge on any atom is 2.00 e. The normalized spacial score (nSPS) is 13.6. The summed E-state index contributed by atoms with van der Waals surface area (Å²) in [6, 6.07) is 0. The maximum atomic E-state index is 10.6. The first-order valence-electron chi connectivity index (χ1n) is 11.9. The molecule has 0 radical (unpaired) electrons. The fourth-order valence-corrected chi connectivity index (χ4v) is 3.98. The van der Waals surface area contributed by atoms with Gasteiger partial charge in [0, 0.05) is 10.5 Å². The predicted octanol–water partition coefficient (Wildman–Crippen LogP) is 5.74. The third-order valence-corrected chi connectivity index (χ3v) is 7.86. The molecule has 0 amide bonds. The van der Waals surface area contributed by atoms with Gasteiger partial charge < -0.3 is 9.11 Å². The molecule has 0 aromatic rings. The predicted molar refractivity (Wildman–Crippen MR) is 129 cm³/mol. The minimum Gasteiger partial charge on any atom is -0.748 e. The van der Waals surface area contributed by atoms with E-state index in [4.69, 9.17) is 0 Å². The molecule has 0 heterocycles. The van der Waals surface area contributed by atoms with Gasteiger partial charge in [0.25, 0.3) is 0 Å². The maximum absolute atomic E-state index is 10.6. The monoisotopic (exact) mass is 608 g/mol. The minimum absolute atomic E-state index is 0. The zero-order valence-electron chi connectivity index (χ0n) is 20.4. The van der Waals surface area contributed by atoms with Crippen LogP contribution in [0.1, 0.15) is 130 Å². The zero-order valence-corrected chi connectivity index (χ0v) is 26.5. The van der Waals surface area contributed by atoms with Crippen LogP contribution in [0.15, 0.2) is 0 Å². The summed E-state index contributed by atoms with van der Waals surface area (Å²) in [5.74, 6) is 0. The van der Waals surface area contributed by atoms with E-state index in [1.54, 1.807) is 0 Å². The molecule has 0 aliphatic carbocycles. The van der Waals surface area contributed by atoms with Crippen molar-refractivity contribution in [3.05, 3.63) is 0 Å². The Labute approximate surface area is 233 Å². The molecule has 0 rings (SSSR count). The van der Waals surface area contributed by atoms with E-state index in [1.807, 2.05) is 0 Å². The smallest absolute Gasteiger partial charge is 0.748 e. The van der Waals surface area contributed by atoms with Crippen LogP contribution >= 0.6 is 0 Å². The summed E-state index contributed by atoms with van der Waals surface area (Å²) in [5, 5.41) is -1.43. The summed E-state index contributed by atoms with van der Waals surface area (Å²) in [6.07, 6.45) is 17.2. The van der Waals surface area contributed by atoms with Gasteiger partial charge in [0.1, 0.15) is 0 Å². The Hall–Kier alpha value is 1.39. The van der Waals surface area contributed by atoms with Crippen LogP contribution < -0.4 is 0 Å². The second kappa shape index (κ2) is 23.1. The van der Waals surface area contributed by atoms with E-state index in [0.29, 0.717) is 12.8 Å². The molecule has 0 aliphatic rings. The SMILES string of the molecule is CCCCCCCCCC(C)S(=O)(=O)[O-].CCCCCCCCCC(C)S(=O)(=O)[O-].[Ba+2]. The van der Waals surface area contributed by atoms with Gasteiger partial charge >= 0.3 is 48.9 Å². The molecule has 0 spiro atoms. The molecule has 31 heavy (non-hydrogen) atoms. The standard InChI is InChI=1S/2C11H24O3S.Ba/c2*1-3-4-5-6-7-8-9-10-11(2)15(12,13)14;/h2*11H,3-10H2,1-2H3,(H,12,13,14);/q;;+2/p-2. The van der Waals surface area contributed by atoms with Gasteiger partial charge in [-0.25, -0.2) is 16.8 Å². The van der Waals surface area contributed by atoms with Gasteiger partial charge in [0.2, 0.25) is 0 Å². The molecular formula is C22H46BaO6S2. The van der Waals surface area contributed by atoms with E-state index in [-0.39, 0.29) is 48.9 Å². The van der Waals surface area contributed by atoms with Crippen molar-refractivity contribution in [3.63, 3.8) is 0 Å². The Morgan fingerprint density at radius 1 is 0.516 bits per heavy atom. The average Bonchev–Trinajstić information content (AvgIpc) is 2.65. The third kappa shape index (κ3) is 27.5. The van der Waals surface area contributed by atoms with Crippen LogP contribution in [0.2, 0.25) is 0 Å². The fourth-order valence-electron chi connectivity index (χ4n) is 3.07. The minimum atomic E-state index is -4.05. The molecule has 2 atom stereocenters. The largest absolute Gasteiger partial charge is 2.00 e. The van der Waals surface area contributed by atoms with E-state index in [9.17, 15) is 25.9 Å². The van der Waals surface area contributed by atoms with E-state index >= 15 is 0 Å². The second-order valence-electron chi connectivity index (χ2n) is 8.43. The van der Waals surface area contributed by atoms with Crippen LogP contribution in [0, 0.1) is 0 Å². The number of unbranched alkanes of at least 4 members (excludes halogenated alkanes) is 12.